The number of benzene rings is 1. The van der Waals surface area contributed by atoms with Crippen LogP contribution >= 0.6 is 11.3 Å². The Morgan fingerprint density at radius 1 is 1.05 bits per heavy atom. The fraction of sp³-hybridized carbons (Fsp3) is 0.370. The number of thiophene rings is 1. The average Bonchev–Trinajstić information content (AvgIpc) is 3.20. The SMILES string of the molecule is CCOC(=O)c1c(NC(=O)CN2CCN(c3ccc(C(F)(F)F)cn3)CC2)sc(C)c1-c1ccc(C)cc1. The number of rotatable bonds is 7. The van der Waals surface area contributed by atoms with Crippen LogP contribution in [-0.2, 0) is 15.7 Å². The van der Waals surface area contributed by atoms with Gasteiger partial charge in [-0.25, -0.2) is 9.78 Å². The molecule has 1 saturated heterocycles. The molecule has 1 N–H and O–H groups in total. The second-order valence-electron chi connectivity index (χ2n) is 9.04. The molecule has 11 heteroatoms. The zero-order valence-electron chi connectivity index (χ0n) is 21.4. The minimum Gasteiger partial charge on any atom is -0.462 e. The lowest BCUT2D eigenvalue weighted by Gasteiger charge is -2.35. The fourth-order valence-electron chi connectivity index (χ4n) is 4.34. The molecule has 0 saturated carbocycles. The Hall–Kier alpha value is -3.44. The monoisotopic (exact) mass is 546 g/mol. The standard InChI is InChI=1S/C27H29F3N4O3S/c1-4-37-26(36)24-23(19-7-5-17(2)6-8-19)18(3)38-25(24)32-22(35)16-33-11-13-34(14-12-33)21-10-9-20(15-31-21)27(28,29)30/h5-10,15H,4,11-14,16H2,1-3H3,(H,32,35). The molecule has 0 bridgehead atoms. The van der Waals surface area contributed by atoms with Gasteiger partial charge in [0.1, 0.15) is 16.4 Å². The summed E-state index contributed by atoms with van der Waals surface area (Å²) >= 11 is 1.34. The molecule has 1 aliphatic rings. The number of halogens is 3. The van der Waals surface area contributed by atoms with Crippen LogP contribution in [0.1, 0.15) is 33.3 Å². The van der Waals surface area contributed by atoms with Crippen molar-refractivity contribution in [3.8, 4) is 11.1 Å². The van der Waals surface area contributed by atoms with Gasteiger partial charge in [-0.05, 0) is 38.5 Å². The maximum absolute atomic E-state index is 13.0. The lowest BCUT2D eigenvalue weighted by atomic mass is 10.0. The van der Waals surface area contributed by atoms with Gasteiger partial charge in [0.25, 0.3) is 0 Å². The summed E-state index contributed by atoms with van der Waals surface area (Å²) in [4.78, 5) is 34.6. The summed E-state index contributed by atoms with van der Waals surface area (Å²) in [7, 11) is 0. The van der Waals surface area contributed by atoms with E-state index in [1.807, 2.05) is 47.9 Å². The third-order valence-corrected chi connectivity index (χ3v) is 7.32. The first-order valence-electron chi connectivity index (χ1n) is 12.2. The molecule has 202 valence electrons. The number of aromatic nitrogens is 1. The fourth-order valence-corrected chi connectivity index (χ4v) is 5.42. The van der Waals surface area contributed by atoms with E-state index in [2.05, 4.69) is 10.3 Å². The van der Waals surface area contributed by atoms with Gasteiger partial charge in [-0.3, -0.25) is 9.69 Å². The van der Waals surface area contributed by atoms with Gasteiger partial charge in [0.2, 0.25) is 5.91 Å². The van der Waals surface area contributed by atoms with Crippen LogP contribution in [0.25, 0.3) is 11.1 Å². The van der Waals surface area contributed by atoms with Gasteiger partial charge in [0.15, 0.2) is 0 Å². The minimum absolute atomic E-state index is 0.118. The summed E-state index contributed by atoms with van der Waals surface area (Å²) < 4.78 is 43.7. The lowest BCUT2D eigenvalue weighted by Crippen LogP contribution is -2.49. The lowest BCUT2D eigenvalue weighted by molar-refractivity contribution is -0.137. The number of esters is 1. The molecular weight excluding hydrogens is 517 g/mol. The van der Waals surface area contributed by atoms with E-state index in [1.165, 1.54) is 17.4 Å². The predicted molar refractivity (Wildman–Crippen MR) is 142 cm³/mol. The van der Waals surface area contributed by atoms with Gasteiger partial charge < -0.3 is 15.0 Å². The molecule has 7 nitrogen and oxygen atoms in total. The summed E-state index contributed by atoms with van der Waals surface area (Å²) in [5.41, 5.74) is 2.29. The molecule has 0 spiro atoms. The largest absolute Gasteiger partial charge is 0.462 e. The maximum atomic E-state index is 13.0. The molecule has 1 amide bonds. The minimum atomic E-state index is -4.42. The number of aryl methyl sites for hydroxylation is 2. The number of piperazine rings is 1. The number of carbonyl (C=O) groups excluding carboxylic acids is 2. The van der Waals surface area contributed by atoms with Gasteiger partial charge in [0.05, 0.1) is 18.7 Å². The molecule has 1 aromatic carbocycles. The predicted octanol–water partition coefficient (Wildman–Crippen LogP) is 5.38. The molecule has 3 heterocycles. The van der Waals surface area contributed by atoms with Gasteiger partial charge in [-0.15, -0.1) is 11.3 Å². The van der Waals surface area contributed by atoms with Crippen LogP contribution in [0.5, 0.6) is 0 Å². The molecule has 0 atom stereocenters. The van der Waals surface area contributed by atoms with Crippen LogP contribution < -0.4 is 10.2 Å². The van der Waals surface area contributed by atoms with Crippen molar-refractivity contribution < 1.29 is 27.5 Å². The highest BCUT2D eigenvalue weighted by Crippen LogP contribution is 2.40. The first kappa shape index (κ1) is 27.6. The number of hydrogen-bond acceptors (Lipinski definition) is 7. The second kappa shape index (κ2) is 11.5. The van der Waals surface area contributed by atoms with Crippen molar-refractivity contribution in [1.29, 1.82) is 0 Å². The molecule has 0 aliphatic carbocycles. The van der Waals surface area contributed by atoms with Crippen LogP contribution in [-0.4, -0.2) is 61.1 Å². The number of carbonyl (C=O) groups is 2. The van der Waals surface area contributed by atoms with Crippen molar-refractivity contribution >= 4 is 34.0 Å². The highest BCUT2D eigenvalue weighted by Gasteiger charge is 2.31. The Kier molecular flexibility index (Phi) is 8.37. The quantitative estimate of drug-likeness (QED) is 0.401. The Balaban J connectivity index is 1.42. The highest BCUT2D eigenvalue weighted by atomic mass is 32.1. The number of anilines is 2. The third kappa shape index (κ3) is 6.33. The number of pyridine rings is 1. The summed E-state index contributed by atoms with van der Waals surface area (Å²) in [6, 6.07) is 10.2. The topological polar surface area (TPSA) is 74.8 Å². The third-order valence-electron chi connectivity index (χ3n) is 6.30. The first-order valence-corrected chi connectivity index (χ1v) is 13.1. The van der Waals surface area contributed by atoms with Crippen molar-refractivity contribution in [2.45, 2.75) is 26.9 Å². The summed E-state index contributed by atoms with van der Waals surface area (Å²) in [6.45, 7) is 8.10. The Morgan fingerprint density at radius 3 is 2.32 bits per heavy atom. The van der Waals surface area contributed by atoms with E-state index in [1.54, 1.807) is 6.92 Å². The van der Waals surface area contributed by atoms with E-state index in [0.717, 1.165) is 33.8 Å². The van der Waals surface area contributed by atoms with Crippen molar-refractivity contribution in [3.05, 3.63) is 64.2 Å². The first-order chi connectivity index (χ1) is 18.1. The number of hydrogen-bond donors (Lipinski definition) is 1. The summed E-state index contributed by atoms with van der Waals surface area (Å²) in [6.07, 6.45) is -3.59. The molecule has 3 aromatic rings. The average molecular weight is 547 g/mol. The molecule has 0 unspecified atom stereocenters. The molecule has 1 fully saturated rings. The highest BCUT2D eigenvalue weighted by molar-refractivity contribution is 7.17. The number of ether oxygens (including phenoxy) is 1. The van der Waals surface area contributed by atoms with E-state index < -0.39 is 17.7 Å². The van der Waals surface area contributed by atoms with Crippen molar-refractivity contribution in [2.75, 3.05) is 49.5 Å². The van der Waals surface area contributed by atoms with Crippen LogP contribution in [0.4, 0.5) is 24.0 Å². The molecule has 0 radical (unpaired) electrons. The number of amides is 1. The summed E-state index contributed by atoms with van der Waals surface area (Å²) in [5.74, 6) is -0.271. The molecule has 4 rings (SSSR count). The molecule has 2 aromatic heterocycles. The van der Waals surface area contributed by atoms with Crippen molar-refractivity contribution in [2.24, 2.45) is 0 Å². The molecule has 1 aliphatic heterocycles. The Labute approximate surface area is 223 Å². The van der Waals surface area contributed by atoms with Gasteiger partial charge in [0, 0.05) is 42.8 Å². The van der Waals surface area contributed by atoms with Gasteiger partial charge in [-0.2, -0.15) is 13.2 Å². The van der Waals surface area contributed by atoms with E-state index in [0.29, 0.717) is 42.6 Å². The van der Waals surface area contributed by atoms with Crippen LogP contribution in [0.2, 0.25) is 0 Å². The zero-order chi connectivity index (χ0) is 27.4. The Morgan fingerprint density at radius 2 is 1.74 bits per heavy atom. The smallest absolute Gasteiger partial charge is 0.417 e. The van der Waals surface area contributed by atoms with Gasteiger partial charge in [-0.1, -0.05) is 29.8 Å². The van der Waals surface area contributed by atoms with Crippen LogP contribution in [0.3, 0.4) is 0 Å². The summed E-state index contributed by atoms with van der Waals surface area (Å²) in [5, 5.41) is 3.36. The second-order valence-corrected chi connectivity index (χ2v) is 10.3. The number of alkyl halides is 3. The van der Waals surface area contributed by atoms with E-state index >= 15 is 0 Å². The normalized spacial score (nSPS) is 14.4. The van der Waals surface area contributed by atoms with Crippen LogP contribution in [0.15, 0.2) is 42.6 Å². The van der Waals surface area contributed by atoms with Crippen molar-refractivity contribution in [3.63, 3.8) is 0 Å². The number of nitrogens with one attached hydrogen (secondary N) is 1. The Bertz CT molecular complexity index is 1280. The van der Waals surface area contributed by atoms with E-state index in [9.17, 15) is 22.8 Å². The molecular formula is C27H29F3N4O3S. The number of nitrogens with zero attached hydrogens (tertiary/aromatic N) is 3. The van der Waals surface area contributed by atoms with E-state index in [4.69, 9.17) is 4.74 Å². The van der Waals surface area contributed by atoms with Crippen LogP contribution in [0, 0.1) is 13.8 Å². The zero-order valence-corrected chi connectivity index (χ0v) is 22.2. The van der Waals surface area contributed by atoms with Gasteiger partial charge >= 0.3 is 12.1 Å². The van der Waals surface area contributed by atoms with Crippen molar-refractivity contribution in [1.82, 2.24) is 9.88 Å². The maximum Gasteiger partial charge on any atom is 0.417 e. The van der Waals surface area contributed by atoms with E-state index in [-0.39, 0.29) is 19.1 Å². The molecule has 38 heavy (non-hydrogen) atoms.